The van der Waals surface area contributed by atoms with E-state index >= 15 is 0 Å². The highest BCUT2D eigenvalue weighted by atomic mass is 79.9. The van der Waals surface area contributed by atoms with Crippen LogP contribution in [0, 0.1) is 45.9 Å². The lowest BCUT2D eigenvalue weighted by Crippen LogP contribution is -2.15. The molecule has 0 saturated carbocycles. The van der Waals surface area contributed by atoms with Crippen LogP contribution in [0.15, 0.2) is 40.4 Å². The molecule has 7 heteroatoms. The highest BCUT2D eigenvalue weighted by molar-refractivity contribution is 9.10. The Morgan fingerprint density at radius 3 is 2.39 bits per heavy atom. The van der Waals surface area contributed by atoms with E-state index < -0.39 is 5.91 Å². The zero-order valence-electron chi connectivity index (χ0n) is 19.7. The van der Waals surface area contributed by atoms with Crippen molar-refractivity contribution in [1.82, 2.24) is 9.78 Å². The quantitative estimate of drug-likeness (QED) is 0.338. The normalized spacial score (nSPS) is 11.3. The Hall–Kier alpha value is -3.37. The number of aromatic nitrogens is 2. The molecular weight excluding hydrogens is 480 g/mol. The summed E-state index contributed by atoms with van der Waals surface area (Å²) in [6.45, 7) is 10.3. The lowest BCUT2D eigenvalue weighted by atomic mass is 10.0. The van der Waals surface area contributed by atoms with Gasteiger partial charge in [-0.05, 0) is 85.4 Å². The molecule has 0 saturated heterocycles. The molecule has 6 nitrogen and oxygen atoms in total. The van der Waals surface area contributed by atoms with Gasteiger partial charge in [0.2, 0.25) is 0 Å². The fraction of sp³-hybridized carbons (Fsp3) is 0.269. The molecule has 3 rings (SSSR count). The Balaban J connectivity index is 1.92. The standard InChI is InChI=1S/C26H27BrN4O2/c1-15-9-16(2)25(17(3)10-15)29-26(32)21(13-28)11-20-7-8-23(33-6)22(12-20)14-31-19(5)24(27)18(4)30-31/h7-12H,14H2,1-6H3,(H,29,32). The number of carbonyl (C=O) groups is 1. The Morgan fingerprint density at radius 1 is 1.18 bits per heavy atom. The van der Waals surface area contributed by atoms with E-state index in [1.54, 1.807) is 13.2 Å². The minimum absolute atomic E-state index is 0.0272. The molecule has 0 radical (unpaired) electrons. The smallest absolute Gasteiger partial charge is 0.266 e. The van der Waals surface area contributed by atoms with E-state index in [1.807, 2.05) is 75.7 Å². The summed E-state index contributed by atoms with van der Waals surface area (Å²) in [5.74, 6) is 0.275. The van der Waals surface area contributed by atoms with Crippen molar-refractivity contribution in [2.75, 3.05) is 12.4 Å². The molecule has 0 bridgehead atoms. The van der Waals surface area contributed by atoms with Gasteiger partial charge in [-0.2, -0.15) is 10.4 Å². The Morgan fingerprint density at radius 2 is 1.85 bits per heavy atom. The maximum Gasteiger partial charge on any atom is 0.266 e. The minimum atomic E-state index is -0.438. The number of benzene rings is 2. The third-order valence-corrected chi connectivity index (χ3v) is 6.66. The number of ether oxygens (including phenoxy) is 1. The molecule has 0 fully saturated rings. The number of anilines is 1. The number of nitrogens with one attached hydrogen (secondary N) is 1. The van der Waals surface area contributed by atoms with E-state index in [0.717, 1.165) is 49.4 Å². The van der Waals surface area contributed by atoms with Gasteiger partial charge in [0.25, 0.3) is 5.91 Å². The van der Waals surface area contributed by atoms with Crippen molar-refractivity contribution < 1.29 is 9.53 Å². The van der Waals surface area contributed by atoms with Crippen molar-refractivity contribution in [3.05, 3.63) is 79.6 Å². The van der Waals surface area contributed by atoms with Crippen LogP contribution in [0.1, 0.15) is 39.2 Å². The molecule has 0 spiro atoms. The van der Waals surface area contributed by atoms with Crippen molar-refractivity contribution in [3.8, 4) is 11.8 Å². The van der Waals surface area contributed by atoms with Gasteiger partial charge in [-0.1, -0.05) is 23.8 Å². The average Bonchev–Trinajstić information content (AvgIpc) is 3.01. The van der Waals surface area contributed by atoms with Crippen LogP contribution in [0.4, 0.5) is 5.69 Å². The maximum atomic E-state index is 12.9. The summed E-state index contributed by atoms with van der Waals surface area (Å²) in [5, 5.41) is 17.1. The van der Waals surface area contributed by atoms with Gasteiger partial charge in [0.05, 0.1) is 29.5 Å². The first-order valence-corrected chi connectivity index (χ1v) is 11.3. The van der Waals surface area contributed by atoms with Crippen LogP contribution >= 0.6 is 15.9 Å². The SMILES string of the molecule is COc1ccc(C=C(C#N)C(=O)Nc2c(C)cc(C)cc2C)cc1Cn1nc(C)c(Br)c1C. The average molecular weight is 507 g/mol. The van der Waals surface area contributed by atoms with Crippen LogP contribution in [-0.2, 0) is 11.3 Å². The van der Waals surface area contributed by atoms with Crippen molar-refractivity contribution >= 4 is 33.6 Å². The summed E-state index contributed by atoms with van der Waals surface area (Å²) in [4.78, 5) is 12.9. The second kappa shape index (κ2) is 10.1. The second-order valence-corrected chi connectivity index (χ2v) is 8.90. The van der Waals surface area contributed by atoms with E-state index in [1.165, 1.54) is 0 Å². The predicted octanol–water partition coefficient (Wildman–Crippen LogP) is 5.79. The summed E-state index contributed by atoms with van der Waals surface area (Å²) in [6.07, 6.45) is 1.59. The van der Waals surface area contributed by atoms with E-state index in [2.05, 4.69) is 26.3 Å². The first-order valence-electron chi connectivity index (χ1n) is 10.5. The zero-order chi connectivity index (χ0) is 24.3. The first-order chi connectivity index (χ1) is 15.6. The van der Waals surface area contributed by atoms with Crippen LogP contribution in [0.2, 0.25) is 0 Å². The van der Waals surface area contributed by atoms with Gasteiger partial charge >= 0.3 is 0 Å². The fourth-order valence-corrected chi connectivity index (χ4v) is 4.16. The van der Waals surface area contributed by atoms with E-state index in [0.29, 0.717) is 12.3 Å². The molecule has 1 N–H and O–H groups in total. The molecule has 2 aromatic carbocycles. The van der Waals surface area contributed by atoms with Gasteiger partial charge in [-0.25, -0.2) is 0 Å². The van der Waals surface area contributed by atoms with E-state index in [-0.39, 0.29) is 5.57 Å². The van der Waals surface area contributed by atoms with Crippen molar-refractivity contribution in [3.63, 3.8) is 0 Å². The number of halogens is 1. The van der Waals surface area contributed by atoms with Crippen molar-refractivity contribution in [1.29, 1.82) is 5.26 Å². The molecule has 0 atom stereocenters. The van der Waals surface area contributed by atoms with Crippen molar-refractivity contribution in [2.24, 2.45) is 0 Å². The number of nitriles is 1. The number of rotatable bonds is 6. The molecule has 3 aromatic rings. The maximum absolute atomic E-state index is 12.9. The fourth-order valence-electron chi connectivity index (χ4n) is 3.88. The van der Waals surface area contributed by atoms with Gasteiger partial charge in [0.15, 0.2) is 0 Å². The predicted molar refractivity (Wildman–Crippen MR) is 134 cm³/mol. The topological polar surface area (TPSA) is 79.9 Å². The van der Waals surface area contributed by atoms with Gasteiger partial charge in [0.1, 0.15) is 17.4 Å². The largest absolute Gasteiger partial charge is 0.496 e. The second-order valence-electron chi connectivity index (χ2n) is 8.11. The highest BCUT2D eigenvalue weighted by Gasteiger charge is 2.15. The molecular formula is C26H27BrN4O2. The van der Waals surface area contributed by atoms with Gasteiger partial charge in [-0.3, -0.25) is 9.48 Å². The summed E-state index contributed by atoms with van der Waals surface area (Å²) in [7, 11) is 1.62. The molecule has 0 aliphatic carbocycles. The summed E-state index contributed by atoms with van der Waals surface area (Å²) in [6, 6.07) is 11.6. The first kappa shape index (κ1) is 24.3. The minimum Gasteiger partial charge on any atom is -0.496 e. The molecule has 0 aliphatic rings. The molecule has 1 aromatic heterocycles. The summed E-state index contributed by atoms with van der Waals surface area (Å²) >= 11 is 3.56. The number of carbonyl (C=O) groups excluding carboxylic acids is 1. The number of hydrogen-bond donors (Lipinski definition) is 1. The summed E-state index contributed by atoms with van der Waals surface area (Å²) < 4.78 is 8.39. The van der Waals surface area contributed by atoms with Gasteiger partial charge < -0.3 is 10.1 Å². The Labute approximate surface area is 203 Å². The van der Waals surface area contributed by atoms with Gasteiger partial charge in [0, 0.05) is 11.3 Å². The van der Waals surface area contributed by atoms with E-state index in [9.17, 15) is 10.1 Å². The molecule has 1 heterocycles. The number of methoxy groups -OCH3 is 1. The third kappa shape index (κ3) is 5.35. The van der Waals surface area contributed by atoms with Gasteiger partial charge in [-0.15, -0.1) is 0 Å². The number of aryl methyl sites for hydroxylation is 4. The number of nitrogens with zero attached hydrogens (tertiary/aromatic N) is 3. The van der Waals surface area contributed by atoms with E-state index in [4.69, 9.17) is 4.74 Å². The highest BCUT2D eigenvalue weighted by Crippen LogP contribution is 2.26. The molecule has 0 aliphatic heterocycles. The number of amides is 1. The lowest BCUT2D eigenvalue weighted by molar-refractivity contribution is -0.112. The number of hydrogen-bond acceptors (Lipinski definition) is 4. The van der Waals surface area contributed by atoms with Crippen LogP contribution < -0.4 is 10.1 Å². The van der Waals surface area contributed by atoms with Crippen LogP contribution in [0.3, 0.4) is 0 Å². The Bertz CT molecular complexity index is 1280. The summed E-state index contributed by atoms with van der Waals surface area (Å²) in [5.41, 5.74) is 7.35. The molecule has 33 heavy (non-hydrogen) atoms. The lowest BCUT2D eigenvalue weighted by Gasteiger charge is -2.13. The monoisotopic (exact) mass is 506 g/mol. The van der Waals surface area contributed by atoms with Crippen LogP contribution in [0.5, 0.6) is 5.75 Å². The Kier molecular flexibility index (Phi) is 7.39. The van der Waals surface area contributed by atoms with Crippen LogP contribution in [-0.4, -0.2) is 22.8 Å². The third-order valence-electron chi connectivity index (χ3n) is 5.51. The molecule has 1 amide bonds. The van der Waals surface area contributed by atoms with Crippen molar-refractivity contribution in [2.45, 2.75) is 41.2 Å². The molecule has 0 unspecified atom stereocenters. The zero-order valence-corrected chi connectivity index (χ0v) is 21.3. The van der Waals surface area contributed by atoms with Crippen LogP contribution in [0.25, 0.3) is 6.08 Å². The molecule has 170 valence electrons.